The van der Waals surface area contributed by atoms with Gasteiger partial charge < -0.3 is 4.74 Å². The minimum absolute atomic E-state index is 0.187. The number of carbonyl (C=O) groups is 1. The summed E-state index contributed by atoms with van der Waals surface area (Å²) in [5, 5.41) is 0.715. The summed E-state index contributed by atoms with van der Waals surface area (Å²) in [5.74, 6) is -0.0301. The predicted octanol–water partition coefficient (Wildman–Crippen LogP) is 4.76. The molecule has 3 rings (SSSR count). The molecule has 1 fully saturated rings. The van der Waals surface area contributed by atoms with Gasteiger partial charge in [-0.2, -0.15) is 0 Å². The first-order valence-corrected chi connectivity index (χ1v) is 7.69. The van der Waals surface area contributed by atoms with E-state index in [-0.39, 0.29) is 11.9 Å². The van der Waals surface area contributed by atoms with Gasteiger partial charge in [0.05, 0.1) is 6.61 Å². The Bertz CT molecular complexity index is 699. The van der Waals surface area contributed by atoms with E-state index in [2.05, 4.69) is 0 Å². The van der Waals surface area contributed by atoms with Gasteiger partial charge >= 0.3 is 5.97 Å². The average molecular weight is 313 g/mol. The molecule has 22 heavy (non-hydrogen) atoms. The highest BCUT2D eigenvalue weighted by Crippen LogP contribution is 2.31. The smallest absolute Gasteiger partial charge is 0.334 e. The number of carbonyl (C=O) groups excluding carboxylic acids is 1. The Balaban J connectivity index is 1.83. The Morgan fingerprint density at radius 1 is 1.09 bits per heavy atom. The molecule has 1 aliphatic rings. The lowest BCUT2D eigenvalue weighted by atomic mass is 9.90. The van der Waals surface area contributed by atoms with E-state index >= 15 is 0 Å². The van der Waals surface area contributed by atoms with Gasteiger partial charge in [-0.1, -0.05) is 53.6 Å². The topological polar surface area (TPSA) is 26.3 Å². The molecule has 0 aromatic heterocycles. The second kappa shape index (κ2) is 6.37. The number of aryl methyl sites for hydroxylation is 1. The molecule has 1 saturated heterocycles. The van der Waals surface area contributed by atoms with Crippen LogP contribution < -0.4 is 0 Å². The Hall–Kier alpha value is -2.06. The van der Waals surface area contributed by atoms with Gasteiger partial charge in [-0.3, -0.25) is 0 Å². The maximum atomic E-state index is 12.0. The van der Waals surface area contributed by atoms with Crippen molar-refractivity contribution >= 4 is 23.6 Å². The molecule has 0 spiro atoms. The Labute approximate surface area is 135 Å². The largest absolute Gasteiger partial charge is 0.462 e. The molecular formula is C19H17ClO2. The average Bonchev–Trinajstić information content (AvgIpc) is 2.52. The summed E-state index contributed by atoms with van der Waals surface area (Å²) in [4.78, 5) is 12.0. The van der Waals surface area contributed by atoms with Crippen molar-refractivity contribution in [2.75, 3.05) is 6.61 Å². The number of hydrogen-bond acceptors (Lipinski definition) is 2. The van der Waals surface area contributed by atoms with E-state index < -0.39 is 0 Å². The van der Waals surface area contributed by atoms with Crippen LogP contribution in [0.2, 0.25) is 5.02 Å². The quantitative estimate of drug-likeness (QED) is 0.590. The molecule has 0 radical (unpaired) electrons. The maximum Gasteiger partial charge on any atom is 0.334 e. The van der Waals surface area contributed by atoms with Gasteiger partial charge in [0, 0.05) is 16.5 Å². The van der Waals surface area contributed by atoms with Crippen LogP contribution in [0.5, 0.6) is 0 Å². The van der Waals surface area contributed by atoms with Crippen LogP contribution in [-0.2, 0) is 9.53 Å². The minimum Gasteiger partial charge on any atom is -0.462 e. The monoisotopic (exact) mass is 312 g/mol. The van der Waals surface area contributed by atoms with Crippen LogP contribution in [0.3, 0.4) is 0 Å². The summed E-state index contributed by atoms with van der Waals surface area (Å²) >= 11 is 5.93. The molecule has 0 saturated carbocycles. The second-order valence-corrected chi connectivity index (χ2v) is 6.07. The van der Waals surface area contributed by atoms with E-state index in [0.717, 1.165) is 16.7 Å². The van der Waals surface area contributed by atoms with Crippen LogP contribution in [0.1, 0.15) is 29.0 Å². The van der Waals surface area contributed by atoms with Gasteiger partial charge in [-0.05, 0) is 42.7 Å². The molecular weight excluding hydrogens is 296 g/mol. The number of halogens is 1. The molecule has 1 atom stereocenters. The van der Waals surface area contributed by atoms with Crippen molar-refractivity contribution in [2.45, 2.75) is 19.3 Å². The minimum atomic E-state index is -0.217. The zero-order valence-corrected chi connectivity index (χ0v) is 13.1. The number of ether oxygens (including phenoxy) is 1. The Morgan fingerprint density at radius 3 is 2.45 bits per heavy atom. The Morgan fingerprint density at radius 2 is 1.77 bits per heavy atom. The van der Waals surface area contributed by atoms with E-state index in [1.54, 1.807) is 0 Å². The highest BCUT2D eigenvalue weighted by atomic mass is 35.5. The molecule has 2 aromatic carbocycles. The maximum absolute atomic E-state index is 12.0. The van der Waals surface area contributed by atoms with Crippen molar-refractivity contribution in [3.63, 3.8) is 0 Å². The summed E-state index contributed by atoms with van der Waals surface area (Å²) < 4.78 is 5.34. The second-order valence-electron chi connectivity index (χ2n) is 5.63. The highest BCUT2D eigenvalue weighted by Gasteiger charge is 2.26. The van der Waals surface area contributed by atoms with Crippen LogP contribution in [-0.4, -0.2) is 12.6 Å². The Kier molecular flexibility index (Phi) is 4.30. The molecule has 2 nitrogen and oxygen atoms in total. The third-order valence-corrected chi connectivity index (χ3v) is 4.16. The first-order valence-electron chi connectivity index (χ1n) is 7.31. The standard InChI is InChI=1S/C19H17ClO2/c1-13-2-4-14(5-3-13)10-16-11-17(12-22-19(16)21)15-6-8-18(20)9-7-15/h2-10,17H,11-12H2,1H3/b16-10+. The van der Waals surface area contributed by atoms with E-state index in [1.807, 2.05) is 61.5 Å². The normalized spacial score (nSPS) is 20.0. The third-order valence-electron chi connectivity index (χ3n) is 3.90. The van der Waals surface area contributed by atoms with Crippen molar-refractivity contribution < 1.29 is 9.53 Å². The van der Waals surface area contributed by atoms with Crippen LogP contribution in [0.25, 0.3) is 6.08 Å². The van der Waals surface area contributed by atoms with Crippen LogP contribution in [0, 0.1) is 6.92 Å². The van der Waals surface area contributed by atoms with E-state index in [0.29, 0.717) is 18.1 Å². The zero-order valence-electron chi connectivity index (χ0n) is 12.4. The van der Waals surface area contributed by atoms with E-state index in [1.165, 1.54) is 5.56 Å². The van der Waals surface area contributed by atoms with Crippen molar-refractivity contribution in [1.82, 2.24) is 0 Å². The fourth-order valence-corrected chi connectivity index (χ4v) is 2.73. The number of cyclic esters (lactones) is 1. The summed E-state index contributed by atoms with van der Waals surface area (Å²) in [6.45, 7) is 2.47. The molecule has 3 heteroatoms. The SMILES string of the molecule is Cc1ccc(/C=C2\CC(c3ccc(Cl)cc3)COC2=O)cc1. The van der Waals surface area contributed by atoms with Gasteiger partial charge in [0.25, 0.3) is 0 Å². The van der Waals surface area contributed by atoms with Crippen molar-refractivity contribution in [1.29, 1.82) is 0 Å². The first kappa shape index (κ1) is 14.9. The lowest BCUT2D eigenvalue weighted by molar-refractivity contribution is -0.141. The van der Waals surface area contributed by atoms with Crippen molar-refractivity contribution in [3.8, 4) is 0 Å². The van der Waals surface area contributed by atoms with Crippen molar-refractivity contribution in [3.05, 3.63) is 75.8 Å². The first-order chi connectivity index (χ1) is 10.6. The molecule has 0 aliphatic carbocycles. The number of esters is 1. The van der Waals surface area contributed by atoms with Crippen LogP contribution in [0.15, 0.2) is 54.1 Å². The summed E-state index contributed by atoms with van der Waals surface area (Å²) in [6, 6.07) is 15.8. The molecule has 0 amide bonds. The van der Waals surface area contributed by atoms with Gasteiger partial charge in [-0.25, -0.2) is 4.79 Å². The van der Waals surface area contributed by atoms with E-state index in [9.17, 15) is 4.79 Å². The van der Waals surface area contributed by atoms with Crippen LogP contribution in [0.4, 0.5) is 0 Å². The molecule has 0 bridgehead atoms. The fraction of sp³-hybridized carbons (Fsp3) is 0.211. The zero-order chi connectivity index (χ0) is 15.5. The predicted molar refractivity (Wildman–Crippen MR) is 88.9 cm³/mol. The van der Waals surface area contributed by atoms with Crippen molar-refractivity contribution in [2.24, 2.45) is 0 Å². The lowest BCUT2D eigenvalue weighted by Crippen LogP contribution is -2.22. The molecule has 2 aromatic rings. The summed E-state index contributed by atoms with van der Waals surface area (Å²) in [7, 11) is 0. The summed E-state index contributed by atoms with van der Waals surface area (Å²) in [5.41, 5.74) is 4.09. The number of rotatable bonds is 2. The lowest BCUT2D eigenvalue weighted by Gasteiger charge is -2.24. The molecule has 112 valence electrons. The van der Waals surface area contributed by atoms with Gasteiger partial charge in [0.15, 0.2) is 0 Å². The molecule has 1 aliphatic heterocycles. The van der Waals surface area contributed by atoms with Gasteiger partial charge in [0.2, 0.25) is 0 Å². The van der Waals surface area contributed by atoms with Gasteiger partial charge in [0.1, 0.15) is 0 Å². The third kappa shape index (κ3) is 3.40. The molecule has 1 heterocycles. The highest BCUT2D eigenvalue weighted by molar-refractivity contribution is 6.30. The summed E-state index contributed by atoms with van der Waals surface area (Å²) in [6.07, 6.45) is 2.61. The number of hydrogen-bond donors (Lipinski definition) is 0. The fourth-order valence-electron chi connectivity index (χ4n) is 2.61. The van der Waals surface area contributed by atoms with Crippen LogP contribution >= 0.6 is 11.6 Å². The molecule has 0 N–H and O–H groups in total. The van der Waals surface area contributed by atoms with E-state index in [4.69, 9.17) is 16.3 Å². The molecule has 1 unspecified atom stereocenters. The number of benzene rings is 2. The van der Waals surface area contributed by atoms with Gasteiger partial charge in [-0.15, -0.1) is 0 Å².